The zero-order valence-electron chi connectivity index (χ0n) is 10.6. The van der Waals surface area contributed by atoms with Crippen molar-refractivity contribution in [2.45, 2.75) is 17.4 Å². The van der Waals surface area contributed by atoms with Crippen molar-refractivity contribution in [2.24, 2.45) is 0 Å². The zero-order valence-corrected chi connectivity index (χ0v) is 11.4. The highest BCUT2D eigenvalue weighted by Crippen LogP contribution is 2.18. The van der Waals surface area contributed by atoms with Gasteiger partial charge in [-0.15, -0.1) is 11.8 Å². The third kappa shape index (κ3) is 5.19. The number of aliphatic carboxylic acids is 2. The number of urea groups is 1. The van der Waals surface area contributed by atoms with Gasteiger partial charge in [0.05, 0.1) is 6.42 Å². The predicted molar refractivity (Wildman–Crippen MR) is 74.1 cm³/mol. The molecule has 1 atom stereocenters. The van der Waals surface area contributed by atoms with Crippen LogP contribution >= 0.6 is 11.8 Å². The summed E-state index contributed by atoms with van der Waals surface area (Å²) in [5.74, 6) is -2.71. The van der Waals surface area contributed by atoms with Crippen molar-refractivity contribution in [2.75, 3.05) is 11.6 Å². The van der Waals surface area contributed by atoms with Crippen LogP contribution in [0.4, 0.5) is 10.5 Å². The molecule has 0 radical (unpaired) electrons. The van der Waals surface area contributed by atoms with Crippen LogP contribution in [0, 0.1) is 0 Å². The van der Waals surface area contributed by atoms with E-state index in [9.17, 15) is 14.4 Å². The first-order valence-corrected chi connectivity index (χ1v) is 6.81. The number of carbonyl (C=O) groups excluding carboxylic acids is 1. The van der Waals surface area contributed by atoms with Crippen molar-refractivity contribution in [1.29, 1.82) is 0 Å². The Morgan fingerprint density at radius 3 is 2.55 bits per heavy atom. The Morgan fingerprint density at radius 1 is 1.30 bits per heavy atom. The molecule has 0 unspecified atom stereocenters. The molecule has 20 heavy (non-hydrogen) atoms. The second kappa shape index (κ2) is 7.39. The van der Waals surface area contributed by atoms with Gasteiger partial charge in [0.1, 0.15) is 6.04 Å². The number of hydrogen-bond donors (Lipinski definition) is 4. The quantitative estimate of drug-likeness (QED) is 0.591. The van der Waals surface area contributed by atoms with E-state index in [2.05, 4.69) is 10.6 Å². The maximum atomic E-state index is 11.6. The van der Waals surface area contributed by atoms with Crippen molar-refractivity contribution in [1.82, 2.24) is 5.32 Å². The van der Waals surface area contributed by atoms with E-state index in [-0.39, 0.29) is 0 Å². The first-order chi connectivity index (χ1) is 9.42. The largest absolute Gasteiger partial charge is 0.481 e. The third-order valence-electron chi connectivity index (χ3n) is 2.31. The summed E-state index contributed by atoms with van der Waals surface area (Å²) in [6, 6.07) is 4.72. The van der Waals surface area contributed by atoms with Gasteiger partial charge in [0.2, 0.25) is 0 Å². The summed E-state index contributed by atoms with van der Waals surface area (Å²) in [5.41, 5.74) is 0.494. The molecule has 0 bridgehead atoms. The molecule has 0 spiro atoms. The van der Waals surface area contributed by atoms with Gasteiger partial charge < -0.3 is 20.8 Å². The topological polar surface area (TPSA) is 116 Å². The van der Waals surface area contributed by atoms with Crippen molar-refractivity contribution < 1.29 is 24.6 Å². The van der Waals surface area contributed by atoms with Crippen molar-refractivity contribution >= 4 is 35.4 Å². The molecular formula is C12H14N2O5S. The Morgan fingerprint density at radius 2 is 2.00 bits per heavy atom. The first-order valence-electron chi connectivity index (χ1n) is 5.58. The van der Waals surface area contributed by atoms with Gasteiger partial charge in [-0.1, -0.05) is 6.07 Å². The Hall–Kier alpha value is -2.22. The molecule has 0 aliphatic heterocycles. The van der Waals surface area contributed by atoms with Gasteiger partial charge in [0, 0.05) is 10.6 Å². The second-order valence-corrected chi connectivity index (χ2v) is 4.70. The van der Waals surface area contributed by atoms with Gasteiger partial charge in [-0.3, -0.25) is 4.79 Å². The van der Waals surface area contributed by atoms with E-state index in [1.165, 1.54) is 11.8 Å². The lowest BCUT2D eigenvalue weighted by atomic mass is 10.2. The number of nitrogens with one attached hydrogen (secondary N) is 2. The molecule has 7 nitrogen and oxygen atoms in total. The minimum absolute atomic E-state index is 0.494. The predicted octanol–water partition coefficient (Wildman–Crippen LogP) is 1.46. The smallest absolute Gasteiger partial charge is 0.326 e. The standard InChI is InChI=1S/C12H14N2O5S/c1-20-8-4-2-3-7(5-8)13-12(19)14-9(11(17)18)6-10(15)16/h2-5,9H,6H2,1H3,(H,15,16)(H,17,18)(H2,13,14,19)/t9-/m0/s1. The van der Waals surface area contributed by atoms with Gasteiger partial charge in [0.15, 0.2) is 0 Å². The van der Waals surface area contributed by atoms with Crippen molar-refractivity contribution in [3.05, 3.63) is 24.3 Å². The number of carbonyl (C=O) groups is 3. The number of carboxylic acid groups (broad SMARTS) is 2. The molecule has 0 aliphatic carbocycles. The number of benzene rings is 1. The van der Waals surface area contributed by atoms with Crippen LogP contribution in [0.3, 0.4) is 0 Å². The maximum Gasteiger partial charge on any atom is 0.326 e. The Bertz CT molecular complexity index is 520. The molecule has 1 rings (SSSR count). The molecule has 4 N–H and O–H groups in total. The lowest BCUT2D eigenvalue weighted by molar-refractivity contribution is -0.145. The van der Waals surface area contributed by atoms with Gasteiger partial charge in [0.25, 0.3) is 0 Å². The van der Waals surface area contributed by atoms with Crippen LogP contribution in [-0.2, 0) is 9.59 Å². The maximum absolute atomic E-state index is 11.6. The monoisotopic (exact) mass is 298 g/mol. The fraction of sp³-hybridized carbons (Fsp3) is 0.250. The van der Waals surface area contributed by atoms with E-state index < -0.39 is 30.4 Å². The average Bonchev–Trinajstić information content (AvgIpc) is 2.37. The summed E-state index contributed by atoms with van der Waals surface area (Å²) >= 11 is 1.49. The van der Waals surface area contributed by atoms with Gasteiger partial charge in [-0.05, 0) is 24.5 Å². The minimum Gasteiger partial charge on any atom is -0.481 e. The summed E-state index contributed by atoms with van der Waals surface area (Å²) in [4.78, 5) is 33.9. The van der Waals surface area contributed by atoms with Crippen LogP contribution < -0.4 is 10.6 Å². The molecule has 0 aromatic heterocycles. The van der Waals surface area contributed by atoms with Crippen LogP contribution in [-0.4, -0.2) is 40.5 Å². The molecule has 0 saturated heterocycles. The van der Waals surface area contributed by atoms with E-state index in [1.807, 2.05) is 12.3 Å². The number of rotatable bonds is 6. The van der Waals surface area contributed by atoms with E-state index >= 15 is 0 Å². The second-order valence-electron chi connectivity index (χ2n) is 3.82. The molecule has 0 fully saturated rings. The van der Waals surface area contributed by atoms with E-state index in [1.54, 1.807) is 18.2 Å². The highest BCUT2D eigenvalue weighted by atomic mass is 32.2. The number of hydrogen-bond acceptors (Lipinski definition) is 4. The van der Waals surface area contributed by atoms with Crippen molar-refractivity contribution in [3.8, 4) is 0 Å². The van der Waals surface area contributed by atoms with Crippen LogP contribution in [0.15, 0.2) is 29.2 Å². The first kappa shape index (κ1) is 15.8. The van der Waals surface area contributed by atoms with E-state index in [0.717, 1.165) is 4.90 Å². The highest BCUT2D eigenvalue weighted by molar-refractivity contribution is 7.98. The number of carboxylic acids is 2. The van der Waals surface area contributed by atoms with Gasteiger partial charge >= 0.3 is 18.0 Å². The molecule has 2 amide bonds. The van der Waals surface area contributed by atoms with Gasteiger partial charge in [-0.2, -0.15) is 0 Å². The molecule has 1 aromatic rings. The molecule has 108 valence electrons. The molecular weight excluding hydrogens is 284 g/mol. The van der Waals surface area contributed by atoms with Crippen molar-refractivity contribution in [3.63, 3.8) is 0 Å². The lowest BCUT2D eigenvalue weighted by Gasteiger charge is -2.13. The van der Waals surface area contributed by atoms with Crippen LogP contribution in [0.25, 0.3) is 0 Å². The number of thioether (sulfide) groups is 1. The van der Waals surface area contributed by atoms with Crippen LogP contribution in [0.1, 0.15) is 6.42 Å². The molecule has 1 aromatic carbocycles. The molecule has 8 heteroatoms. The number of amides is 2. The summed E-state index contributed by atoms with van der Waals surface area (Å²) in [5, 5.41) is 21.9. The summed E-state index contributed by atoms with van der Waals surface area (Å²) in [7, 11) is 0. The third-order valence-corrected chi connectivity index (χ3v) is 3.04. The van der Waals surface area contributed by atoms with E-state index in [4.69, 9.17) is 10.2 Å². The average molecular weight is 298 g/mol. The summed E-state index contributed by atoms with van der Waals surface area (Å²) < 4.78 is 0. The minimum atomic E-state index is -1.48. The Kier molecular flexibility index (Phi) is 5.85. The van der Waals surface area contributed by atoms with Gasteiger partial charge in [-0.25, -0.2) is 9.59 Å². The lowest BCUT2D eigenvalue weighted by Crippen LogP contribution is -2.44. The molecule has 0 saturated carbocycles. The normalized spacial score (nSPS) is 11.4. The summed E-state index contributed by atoms with van der Waals surface area (Å²) in [6.45, 7) is 0. The van der Waals surface area contributed by atoms with Crippen LogP contribution in [0.2, 0.25) is 0 Å². The zero-order chi connectivity index (χ0) is 15.1. The van der Waals surface area contributed by atoms with Crippen LogP contribution in [0.5, 0.6) is 0 Å². The Balaban J connectivity index is 2.65. The Labute approximate surface area is 119 Å². The summed E-state index contributed by atoms with van der Waals surface area (Å²) in [6.07, 6.45) is 1.19. The fourth-order valence-electron chi connectivity index (χ4n) is 1.40. The highest BCUT2D eigenvalue weighted by Gasteiger charge is 2.22. The van der Waals surface area contributed by atoms with E-state index in [0.29, 0.717) is 5.69 Å². The number of anilines is 1. The molecule has 0 aliphatic rings. The SMILES string of the molecule is CSc1cccc(NC(=O)N[C@@H](CC(=O)O)C(=O)O)c1. The fourth-order valence-corrected chi connectivity index (χ4v) is 1.86. The molecule has 0 heterocycles.